The molecule has 127 valence electrons. The van der Waals surface area contributed by atoms with Gasteiger partial charge in [-0.05, 0) is 32.7 Å². The first-order valence-electron chi connectivity index (χ1n) is 8.23. The summed E-state index contributed by atoms with van der Waals surface area (Å²) >= 11 is 0. The predicted molar refractivity (Wildman–Crippen MR) is 86.8 cm³/mol. The Kier molecular flexibility index (Phi) is 11.3. The maximum absolute atomic E-state index is 10.0. The van der Waals surface area contributed by atoms with E-state index in [0.717, 1.165) is 38.6 Å². The molecule has 0 amide bonds. The summed E-state index contributed by atoms with van der Waals surface area (Å²) in [6, 6.07) is -0.429. The second-order valence-corrected chi connectivity index (χ2v) is 5.92. The van der Waals surface area contributed by atoms with Crippen LogP contribution in [0.1, 0.15) is 59.8 Å². The third-order valence-corrected chi connectivity index (χ3v) is 4.06. The molecule has 0 rings (SSSR count). The summed E-state index contributed by atoms with van der Waals surface area (Å²) in [5.74, 6) is 0. The van der Waals surface area contributed by atoms with Crippen LogP contribution >= 0.6 is 0 Å². The van der Waals surface area contributed by atoms with Crippen molar-refractivity contribution in [1.29, 1.82) is 0 Å². The number of aliphatic hydroxyl groups excluding tert-OH is 2. The third kappa shape index (κ3) is 7.06. The molecule has 0 aliphatic rings. The normalized spacial score (nSPS) is 17.7. The fourth-order valence-electron chi connectivity index (χ4n) is 2.71. The van der Waals surface area contributed by atoms with Gasteiger partial charge in [-0.2, -0.15) is 0 Å². The van der Waals surface area contributed by atoms with Crippen molar-refractivity contribution in [3.8, 4) is 0 Å². The van der Waals surface area contributed by atoms with Crippen molar-refractivity contribution in [3.05, 3.63) is 6.42 Å². The smallest absolute Gasteiger partial charge is 0.166 e. The molecule has 21 heavy (non-hydrogen) atoms. The molecule has 0 spiro atoms. The van der Waals surface area contributed by atoms with Gasteiger partial charge in [0.25, 0.3) is 0 Å². The van der Waals surface area contributed by atoms with Gasteiger partial charge in [-0.1, -0.05) is 40.0 Å². The average Bonchev–Trinajstić information content (AvgIpc) is 2.47. The lowest BCUT2D eigenvalue weighted by Gasteiger charge is -2.42. The topological polar surface area (TPSA) is 84.8 Å². The lowest BCUT2D eigenvalue weighted by atomic mass is 9.82. The van der Waals surface area contributed by atoms with E-state index >= 15 is 0 Å². The number of hydrogen-bond donors (Lipinski definition) is 5. The first kappa shape index (κ1) is 20.8. The van der Waals surface area contributed by atoms with Crippen LogP contribution in [0.5, 0.6) is 0 Å². The number of unbranched alkanes of at least 4 members (excludes halogenated alkanes) is 1. The van der Waals surface area contributed by atoms with E-state index in [1.807, 2.05) is 13.3 Å². The van der Waals surface area contributed by atoms with Gasteiger partial charge in [-0.15, -0.1) is 0 Å². The maximum atomic E-state index is 10.0. The zero-order valence-electron chi connectivity index (χ0n) is 14.1. The Morgan fingerprint density at radius 2 is 1.86 bits per heavy atom. The van der Waals surface area contributed by atoms with Crippen molar-refractivity contribution < 1.29 is 15.3 Å². The zero-order chi connectivity index (χ0) is 16.3. The van der Waals surface area contributed by atoms with Crippen molar-refractivity contribution in [1.82, 2.24) is 10.6 Å². The van der Waals surface area contributed by atoms with Gasteiger partial charge in [0.2, 0.25) is 0 Å². The Bertz CT molecular complexity index is 252. The summed E-state index contributed by atoms with van der Waals surface area (Å²) in [6.07, 6.45) is 5.43. The maximum Gasteiger partial charge on any atom is 0.166 e. The molecule has 0 aliphatic heterocycles. The highest BCUT2D eigenvalue weighted by molar-refractivity contribution is 5.00. The SMILES string of the molecule is C[CH]CNC(CO)(CCC)C(CCCC)NC(C)C(O)O. The van der Waals surface area contributed by atoms with Crippen LogP contribution in [0.4, 0.5) is 0 Å². The van der Waals surface area contributed by atoms with E-state index in [-0.39, 0.29) is 12.6 Å². The molecule has 1 radical (unpaired) electrons. The van der Waals surface area contributed by atoms with E-state index in [2.05, 4.69) is 24.5 Å². The lowest BCUT2D eigenvalue weighted by Crippen LogP contribution is -2.64. The third-order valence-electron chi connectivity index (χ3n) is 4.06. The van der Waals surface area contributed by atoms with Gasteiger partial charge in [-0.3, -0.25) is 0 Å². The summed E-state index contributed by atoms with van der Waals surface area (Å²) < 4.78 is 0. The Balaban J connectivity index is 5.11. The van der Waals surface area contributed by atoms with Gasteiger partial charge in [0.05, 0.1) is 18.2 Å². The van der Waals surface area contributed by atoms with Crippen LogP contribution in [0.25, 0.3) is 0 Å². The molecule has 0 aromatic rings. The van der Waals surface area contributed by atoms with Gasteiger partial charge in [0.15, 0.2) is 6.29 Å². The van der Waals surface area contributed by atoms with Crippen molar-refractivity contribution in [2.75, 3.05) is 13.2 Å². The van der Waals surface area contributed by atoms with Gasteiger partial charge >= 0.3 is 0 Å². The van der Waals surface area contributed by atoms with Crippen LogP contribution in [0.15, 0.2) is 0 Å². The summed E-state index contributed by atoms with van der Waals surface area (Å²) in [4.78, 5) is 0. The van der Waals surface area contributed by atoms with E-state index in [1.165, 1.54) is 0 Å². The number of aliphatic hydroxyl groups is 3. The molecule has 0 aliphatic carbocycles. The van der Waals surface area contributed by atoms with E-state index in [0.29, 0.717) is 0 Å². The average molecular weight is 303 g/mol. The van der Waals surface area contributed by atoms with Crippen molar-refractivity contribution in [2.24, 2.45) is 0 Å². The Morgan fingerprint density at radius 1 is 1.19 bits per heavy atom. The zero-order valence-corrected chi connectivity index (χ0v) is 14.1. The summed E-state index contributed by atoms with van der Waals surface area (Å²) in [5, 5.41) is 35.5. The Hall–Kier alpha value is -0.200. The van der Waals surface area contributed by atoms with Gasteiger partial charge in [0, 0.05) is 6.04 Å². The molecule has 5 heteroatoms. The molecule has 0 aromatic carbocycles. The highest BCUT2D eigenvalue weighted by Crippen LogP contribution is 2.23. The number of rotatable bonds is 13. The summed E-state index contributed by atoms with van der Waals surface area (Å²) in [6.45, 7) is 8.72. The minimum atomic E-state index is -1.40. The number of hydrogen-bond acceptors (Lipinski definition) is 5. The second-order valence-electron chi connectivity index (χ2n) is 5.92. The Labute approximate surface area is 130 Å². The molecule has 0 saturated heterocycles. The molecule has 0 bridgehead atoms. The Morgan fingerprint density at radius 3 is 2.29 bits per heavy atom. The molecule has 3 unspecified atom stereocenters. The largest absolute Gasteiger partial charge is 0.394 e. The van der Waals surface area contributed by atoms with E-state index in [1.54, 1.807) is 6.92 Å². The molecule has 0 saturated carbocycles. The molecular formula is C16H35N2O3. The minimum absolute atomic E-state index is 0.000787. The van der Waals surface area contributed by atoms with E-state index in [9.17, 15) is 15.3 Å². The molecule has 5 nitrogen and oxygen atoms in total. The highest BCUT2D eigenvalue weighted by Gasteiger charge is 2.37. The second kappa shape index (κ2) is 11.4. The van der Waals surface area contributed by atoms with Crippen LogP contribution in [-0.4, -0.2) is 52.4 Å². The van der Waals surface area contributed by atoms with Gasteiger partial charge in [0.1, 0.15) is 0 Å². The van der Waals surface area contributed by atoms with Crippen LogP contribution in [0.3, 0.4) is 0 Å². The molecule has 3 atom stereocenters. The fourth-order valence-corrected chi connectivity index (χ4v) is 2.71. The summed E-state index contributed by atoms with van der Waals surface area (Å²) in [7, 11) is 0. The van der Waals surface area contributed by atoms with E-state index in [4.69, 9.17) is 0 Å². The quantitative estimate of drug-likeness (QED) is 0.330. The lowest BCUT2D eigenvalue weighted by molar-refractivity contribution is -0.0689. The van der Waals surface area contributed by atoms with Crippen molar-refractivity contribution >= 4 is 0 Å². The van der Waals surface area contributed by atoms with Crippen molar-refractivity contribution in [2.45, 2.75) is 83.7 Å². The first-order valence-corrected chi connectivity index (χ1v) is 8.23. The van der Waals surface area contributed by atoms with Crippen molar-refractivity contribution in [3.63, 3.8) is 0 Å². The summed E-state index contributed by atoms with van der Waals surface area (Å²) in [5.41, 5.74) is -0.431. The van der Waals surface area contributed by atoms with Gasteiger partial charge < -0.3 is 26.0 Å². The monoisotopic (exact) mass is 303 g/mol. The first-order chi connectivity index (χ1) is 9.97. The van der Waals surface area contributed by atoms with Crippen LogP contribution in [0, 0.1) is 6.42 Å². The molecule has 0 heterocycles. The minimum Gasteiger partial charge on any atom is -0.394 e. The van der Waals surface area contributed by atoms with Crippen LogP contribution in [0.2, 0.25) is 0 Å². The fraction of sp³-hybridized carbons (Fsp3) is 0.938. The predicted octanol–water partition coefficient (Wildman–Crippen LogP) is 1.18. The van der Waals surface area contributed by atoms with Crippen LogP contribution < -0.4 is 10.6 Å². The molecule has 5 N–H and O–H groups in total. The number of nitrogens with one attached hydrogen (secondary N) is 2. The molecule has 0 fully saturated rings. The van der Waals surface area contributed by atoms with Crippen LogP contribution in [-0.2, 0) is 0 Å². The van der Waals surface area contributed by atoms with Gasteiger partial charge in [-0.25, -0.2) is 0 Å². The van der Waals surface area contributed by atoms with E-state index < -0.39 is 17.9 Å². The standard InChI is InChI=1S/C16H35N2O3/c1-5-8-9-14(18-13(4)15(20)21)16(12-19,10-6-2)17-11-7-3/h7,13-15,17-21H,5-6,8-12H2,1-4H3. The highest BCUT2D eigenvalue weighted by atomic mass is 16.5. The molecule has 0 aromatic heterocycles. The molecular weight excluding hydrogens is 268 g/mol.